The van der Waals surface area contributed by atoms with Gasteiger partial charge in [-0.3, -0.25) is 14.5 Å². The minimum absolute atomic E-state index is 0.249. The summed E-state index contributed by atoms with van der Waals surface area (Å²) in [6, 6.07) is 17.5. The van der Waals surface area contributed by atoms with Gasteiger partial charge >= 0.3 is 0 Å². The lowest BCUT2D eigenvalue weighted by Crippen LogP contribution is -2.27. The van der Waals surface area contributed by atoms with Crippen LogP contribution in [0.3, 0.4) is 0 Å². The fraction of sp³-hybridized carbons (Fsp3) is 0.0476. The summed E-state index contributed by atoms with van der Waals surface area (Å²) in [5.74, 6) is 0.424. The zero-order valence-electron chi connectivity index (χ0n) is 13.8. The van der Waals surface area contributed by atoms with Crippen molar-refractivity contribution in [2.24, 2.45) is 0 Å². The predicted octanol–water partition coefficient (Wildman–Crippen LogP) is 5.23. The molecule has 1 saturated heterocycles. The van der Waals surface area contributed by atoms with Gasteiger partial charge < -0.3 is 4.42 Å². The highest BCUT2D eigenvalue weighted by Gasteiger charge is 2.34. The van der Waals surface area contributed by atoms with E-state index in [-0.39, 0.29) is 17.7 Å². The Hall–Kier alpha value is -3.05. The van der Waals surface area contributed by atoms with E-state index in [1.165, 1.54) is 4.90 Å². The molecule has 26 heavy (non-hydrogen) atoms. The Morgan fingerprint density at radius 1 is 1.00 bits per heavy atom. The van der Waals surface area contributed by atoms with Gasteiger partial charge in [0.1, 0.15) is 5.76 Å². The van der Waals surface area contributed by atoms with Crippen LogP contribution in [-0.2, 0) is 11.3 Å². The lowest BCUT2D eigenvalue weighted by molar-refractivity contribution is -0.123. The maximum atomic E-state index is 12.6. The standard InChI is InChI=1S/C21H15NO3S/c23-20-19(12-4-9-17-10-5-13-25-17)26-21(24)22(20)14-16-8-3-7-15-6-1-2-11-18(15)16/h1-13H,14H2/b9-4+,19-12-. The Morgan fingerprint density at radius 2 is 1.85 bits per heavy atom. The molecule has 0 aliphatic carbocycles. The van der Waals surface area contributed by atoms with Gasteiger partial charge in [0, 0.05) is 0 Å². The fourth-order valence-corrected chi connectivity index (χ4v) is 3.66. The molecule has 0 N–H and O–H groups in total. The molecule has 2 amide bonds. The van der Waals surface area contributed by atoms with E-state index in [1.807, 2.05) is 48.5 Å². The van der Waals surface area contributed by atoms with Crippen LogP contribution in [0.4, 0.5) is 4.79 Å². The third-order valence-corrected chi connectivity index (χ3v) is 5.06. The maximum Gasteiger partial charge on any atom is 0.293 e. The number of furan rings is 1. The van der Waals surface area contributed by atoms with Crippen molar-refractivity contribution in [3.63, 3.8) is 0 Å². The van der Waals surface area contributed by atoms with Gasteiger partial charge in [-0.2, -0.15) is 0 Å². The van der Waals surface area contributed by atoms with E-state index in [1.54, 1.807) is 30.6 Å². The number of benzene rings is 2. The molecule has 0 saturated carbocycles. The molecule has 1 fully saturated rings. The van der Waals surface area contributed by atoms with Crippen LogP contribution in [0.1, 0.15) is 11.3 Å². The normalized spacial score (nSPS) is 16.5. The molecule has 0 radical (unpaired) electrons. The summed E-state index contributed by atoms with van der Waals surface area (Å²) < 4.78 is 5.20. The van der Waals surface area contributed by atoms with Gasteiger partial charge in [-0.1, -0.05) is 48.5 Å². The Morgan fingerprint density at radius 3 is 2.69 bits per heavy atom. The van der Waals surface area contributed by atoms with E-state index in [2.05, 4.69) is 0 Å². The van der Waals surface area contributed by atoms with Gasteiger partial charge in [0.2, 0.25) is 0 Å². The molecular formula is C21H15NO3S. The van der Waals surface area contributed by atoms with Crippen LogP contribution in [0.15, 0.2) is 82.3 Å². The van der Waals surface area contributed by atoms with Crippen LogP contribution in [0.5, 0.6) is 0 Å². The topological polar surface area (TPSA) is 50.5 Å². The summed E-state index contributed by atoms with van der Waals surface area (Å²) in [4.78, 5) is 26.6. The van der Waals surface area contributed by atoms with Gasteiger partial charge in [-0.15, -0.1) is 0 Å². The van der Waals surface area contributed by atoms with Crippen molar-refractivity contribution in [3.8, 4) is 0 Å². The van der Waals surface area contributed by atoms with Crippen molar-refractivity contribution in [1.82, 2.24) is 4.90 Å². The van der Waals surface area contributed by atoms with Crippen molar-refractivity contribution in [2.45, 2.75) is 6.54 Å². The first-order chi connectivity index (χ1) is 12.7. The number of allylic oxidation sites excluding steroid dienone is 2. The van der Waals surface area contributed by atoms with Crippen molar-refractivity contribution in [2.75, 3.05) is 0 Å². The second kappa shape index (κ2) is 7.06. The Labute approximate surface area is 154 Å². The number of amides is 2. The summed E-state index contributed by atoms with van der Waals surface area (Å²) >= 11 is 0.960. The first-order valence-electron chi connectivity index (χ1n) is 8.14. The zero-order valence-corrected chi connectivity index (χ0v) is 14.6. The van der Waals surface area contributed by atoms with Gasteiger partial charge in [-0.25, -0.2) is 0 Å². The molecule has 0 bridgehead atoms. The number of carbonyl (C=O) groups is 2. The number of nitrogens with zero attached hydrogens (tertiary/aromatic N) is 1. The monoisotopic (exact) mass is 361 g/mol. The lowest BCUT2D eigenvalue weighted by Gasteiger charge is -2.14. The van der Waals surface area contributed by atoms with Crippen LogP contribution in [0, 0.1) is 0 Å². The number of rotatable bonds is 4. The molecular weight excluding hydrogens is 346 g/mol. The quantitative estimate of drug-likeness (QED) is 0.597. The van der Waals surface area contributed by atoms with E-state index < -0.39 is 0 Å². The highest BCUT2D eigenvalue weighted by Crippen LogP contribution is 2.33. The third kappa shape index (κ3) is 3.21. The van der Waals surface area contributed by atoms with E-state index >= 15 is 0 Å². The Balaban J connectivity index is 1.56. The molecule has 4 nitrogen and oxygen atoms in total. The van der Waals surface area contributed by atoms with Crippen LogP contribution in [0.25, 0.3) is 16.8 Å². The van der Waals surface area contributed by atoms with Crippen LogP contribution < -0.4 is 0 Å². The second-order valence-electron chi connectivity index (χ2n) is 5.80. The summed E-state index contributed by atoms with van der Waals surface area (Å²) in [5, 5.41) is 1.89. The fourth-order valence-electron chi connectivity index (χ4n) is 2.87. The second-order valence-corrected chi connectivity index (χ2v) is 6.80. The summed E-state index contributed by atoms with van der Waals surface area (Å²) in [7, 11) is 0. The average molecular weight is 361 g/mol. The molecule has 3 aromatic rings. The van der Waals surface area contributed by atoms with Crippen LogP contribution in [0.2, 0.25) is 0 Å². The highest BCUT2D eigenvalue weighted by molar-refractivity contribution is 8.18. The minimum atomic E-state index is -0.267. The molecule has 2 heterocycles. The van der Waals surface area contributed by atoms with Gasteiger partial charge in [-0.05, 0) is 52.4 Å². The molecule has 1 aliphatic heterocycles. The number of imide groups is 1. The largest absolute Gasteiger partial charge is 0.465 e. The highest BCUT2D eigenvalue weighted by atomic mass is 32.2. The molecule has 1 aliphatic rings. The van der Waals surface area contributed by atoms with E-state index in [9.17, 15) is 9.59 Å². The number of hydrogen-bond acceptors (Lipinski definition) is 4. The van der Waals surface area contributed by atoms with Crippen LogP contribution in [-0.4, -0.2) is 16.0 Å². The first-order valence-corrected chi connectivity index (χ1v) is 8.96. The first kappa shape index (κ1) is 16.4. The maximum absolute atomic E-state index is 12.6. The van der Waals surface area contributed by atoms with Gasteiger partial charge in [0.15, 0.2) is 0 Å². The van der Waals surface area contributed by atoms with Crippen molar-refractivity contribution >= 4 is 39.8 Å². The van der Waals surface area contributed by atoms with Crippen molar-refractivity contribution in [3.05, 3.63) is 89.2 Å². The number of hydrogen-bond donors (Lipinski definition) is 0. The molecule has 0 spiro atoms. The van der Waals surface area contributed by atoms with E-state index in [4.69, 9.17) is 4.42 Å². The van der Waals surface area contributed by atoms with Crippen molar-refractivity contribution < 1.29 is 14.0 Å². The lowest BCUT2D eigenvalue weighted by atomic mass is 10.0. The SMILES string of the molecule is O=C1S/C(=C\C=C\c2ccco2)C(=O)N1Cc1cccc2ccccc12. The molecule has 0 unspecified atom stereocenters. The molecule has 1 aromatic heterocycles. The third-order valence-electron chi connectivity index (χ3n) is 4.13. The summed E-state index contributed by atoms with van der Waals surface area (Å²) in [6.45, 7) is 0.269. The number of fused-ring (bicyclic) bond motifs is 1. The van der Waals surface area contributed by atoms with Gasteiger partial charge in [0.25, 0.3) is 11.1 Å². The zero-order chi connectivity index (χ0) is 17.9. The van der Waals surface area contributed by atoms with Gasteiger partial charge in [0.05, 0.1) is 17.7 Å². The summed E-state index contributed by atoms with van der Waals surface area (Å²) in [6.07, 6.45) is 6.70. The molecule has 0 atom stereocenters. The van der Waals surface area contributed by atoms with Crippen LogP contribution >= 0.6 is 11.8 Å². The molecule has 128 valence electrons. The number of thioether (sulfide) groups is 1. The minimum Gasteiger partial charge on any atom is -0.465 e. The Bertz CT molecular complexity index is 1030. The average Bonchev–Trinajstić information content (AvgIpc) is 3.26. The molecule has 5 heteroatoms. The van der Waals surface area contributed by atoms with E-state index in [0.29, 0.717) is 10.7 Å². The number of carbonyl (C=O) groups excluding carboxylic acids is 2. The smallest absolute Gasteiger partial charge is 0.293 e. The predicted molar refractivity (Wildman–Crippen MR) is 103 cm³/mol. The molecule has 2 aromatic carbocycles. The Kier molecular flexibility index (Phi) is 4.46. The van der Waals surface area contributed by atoms with Crippen molar-refractivity contribution in [1.29, 1.82) is 0 Å². The molecule has 4 rings (SSSR count). The summed E-state index contributed by atoms with van der Waals surface area (Å²) in [5.41, 5.74) is 0.956. The van der Waals surface area contributed by atoms with E-state index in [0.717, 1.165) is 28.1 Å².